The zero-order valence-electron chi connectivity index (χ0n) is 15.2. The Labute approximate surface area is 167 Å². The Hall–Kier alpha value is -3.13. The Morgan fingerprint density at radius 3 is 2.57 bits per heavy atom. The van der Waals surface area contributed by atoms with Crippen LogP contribution in [-0.4, -0.2) is 52.8 Å². The summed E-state index contributed by atoms with van der Waals surface area (Å²) in [6.45, 7) is 0.308. The van der Waals surface area contributed by atoms with Crippen LogP contribution in [0.3, 0.4) is 0 Å². The van der Waals surface area contributed by atoms with Gasteiger partial charge >= 0.3 is 6.03 Å². The largest absolute Gasteiger partial charge is 0.439 e. The van der Waals surface area contributed by atoms with Gasteiger partial charge in [0.2, 0.25) is 17.7 Å². The summed E-state index contributed by atoms with van der Waals surface area (Å²) < 4.78 is 5.59. The molecule has 0 spiro atoms. The molecule has 8 nitrogen and oxygen atoms in total. The molecule has 1 aromatic carbocycles. The number of carbonyl (C=O) groups is 3. The van der Waals surface area contributed by atoms with Crippen molar-refractivity contribution in [3.05, 3.63) is 47.6 Å². The number of rotatable bonds is 7. The Morgan fingerprint density at radius 1 is 1.21 bits per heavy atom. The van der Waals surface area contributed by atoms with Crippen LogP contribution in [0.2, 0.25) is 5.02 Å². The molecule has 2 aromatic rings. The van der Waals surface area contributed by atoms with Crippen molar-refractivity contribution in [3.63, 3.8) is 0 Å². The molecule has 2 heterocycles. The second kappa shape index (κ2) is 8.71. The predicted octanol–water partition coefficient (Wildman–Crippen LogP) is 3.14. The van der Waals surface area contributed by atoms with Crippen molar-refractivity contribution in [2.75, 3.05) is 25.5 Å². The lowest BCUT2D eigenvalue weighted by Gasteiger charge is -2.13. The van der Waals surface area contributed by atoms with E-state index in [1.165, 1.54) is 11.1 Å². The number of carbonyl (C=O) groups excluding carboxylic acids is 3. The Kier molecular flexibility index (Phi) is 6.10. The molecule has 0 radical (unpaired) electrons. The maximum atomic E-state index is 12.0. The summed E-state index contributed by atoms with van der Waals surface area (Å²) in [7, 11) is 1.57. The first-order valence-corrected chi connectivity index (χ1v) is 9.05. The summed E-state index contributed by atoms with van der Waals surface area (Å²) in [6.07, 6.45) is 2.07. The van der Waals surface area contributed by atoms with Crippen molar-refractivity contribution >= 4 is 35.1 Å². The first-order chi connectivity index (χ1) is 13.4. The number of hydrogen-bond donors (Lipinski definition) is 1. The highest BCUT2D eigenvalue weighted by Crippen LogP contribution is 2.22. The number of ether oxygens (including phenoxy) is 1. The second-order valence-electron chi connectivity index (χ2n) is 6.28. The highest BCUT2D eigenvalue weighted by atomic mass is 35.5. The summed E-state index contributed by atoms with van der Waals surface area (Å²) in [6, 6.07) is 9.88. The van der Waals surface area contributed by atoms with Gasteiger partial charge < -0.3 is 15.0 Å². The zero-order chi connectivity index (χ0) is 20.1. The molecule has 3 rings (SSSR count). The van der Waals surface area contributed by atoms with Crippen molar-refractivity contribution in [2.45, 2.75) is 12.8 Å². The number of halogens is 1. The number of imide groups is 1. The van der Waals surface area contributed by atoms with Gasteiger partial charge in [-0.05, 0) is 36.8 Å². The maximum absolute atomic E-state index is 12.0. The third-order valence-corrected chi connectivity index (χ3v) is 4.32. The van der Waals surface area contributed by atoms with Crippen molar-refractivity contribution in [1.29, 1.82) is 0 Å². The van der Waals surface area contributed by atoms with E-state index in [2.05, 4.69) is 10.3 Å². The standard InChI is InChI=1S/C19H19ClN4O4/c1-23-12-18(26)24(19(23)27)10-2-3-16(25)22-14-6-9-17(21-11-14)28-15-7-4-13(20)5-8-15/h4-9,11H,2-3,10,12H2,1H3,(H,22,25). The second-order valence-corrected chi connectivity index (χ2v) is 6.71. The molecule has 0 unspecified atom stereocenters. The third kappa shape index (κ3) is 4.98. The van der Waals surface area contributed by atoms with E-state index in [0.29, 0.717) is 28.8 Å². The lowest BCUT2D eigenvalue weighted by molar-refractivity contribution is -0.125. The average Bonchev–Trinajstić information content (AvgIpc) is 2.91. The fraction of sp³-hybridized carbons (Fsp3) is 0.263. The van der Waals surface area contributed by atoms with Crippen LogP contribution in [0.1, 0.15) is 12.8 Å². The van der Waals surface area contributed by atoms with Gasteiger partial charge in [0.1, 0.15) is 12.3 Å². The topological polar surface area (TPSA) is 91.8 Å². The average molecular weight is 403 g/mol. The van der Waals surface area contributed by atoms with E-state index in [4.69, 9.17) is 16.3 Å². The van der Waals surface area contributed by atoms with E-state index in [-0.39, 0.29) is 37.4 Å². The molecule has 9 heteroatoms. The van der Waals surface area contributed by atoms with Gasteiger partial charge in [-0.3, -0.25) is 14.5 Å². The van der Waals surface area contributed by atoms with E-state index in [0.717, 1.165) is 4.90 Å². The number of hydrogen-bond acceptors (Lipinski definition) is 5. The molecular formula is C19H19ClN4O4. The third-order valence-electron chi connectivity index (χ3n) is 4.07. The molecule has 1 N–H and O–H groups in total. The summed E-state index contributed by atoms with van der Waals surface area (Å²) in [4.78, 5) is 42.1. The van der Waals surface area contributed by atoms with Gasteiger partial charge in [0.15, 0.2) is 0 Å². The summed E-state index contributed by atoms with van der Waals surface area (Å²) in [5.41, 5.74) is 0.529. The van der Waals surface area contributed by atoms with Crippen LogP contribution in [-0.2, 0) is 9.59 Å². The van der Waals surface area contributed by atoms with Gasteiger partial charge in [0.25, 0.3) is 0 Å². The van der Waals surface area contributed by atoms with Gasteiger partial charge in [-0.15, -0.1) is 0 Å². The number of nitrogens with zero attached hydrogens (tertiary/aromatic N) is 3. The van der Waals surface area contributed by atoms with Crippen LogP contribution >= 0.6 is 11.6 Å². The van der Waals surface area contributed by atoms with Crippen LogP contribution in [0.25, 0.3) is 0 Å². The molecular weight excluding hydrogens is 384 g/mol. The van der Waals surface area contributed by atoms with E-state index >= 15 is 0 Å². The van der Waals surface area contributed by atoms with E-state index in [1.807, 2.05) is 0 Å². The number of pyridine rings is 1. The normalized spacial score (nSPS) is 13.8. The number of amides is 4. The number of benzene rings is 1. The van der Waals surface area contributed by atoms with Crippen LogP contribution in [0.5, 0.6) is 11.6 Å². The zero-order valence-corrected chi connectivity index (χ0v) is 16.0. The molecule has 1 fully saturated rings. The minimum absolute atomic E-state index is 0.0845. The van der Waals surface area contributed by atoms with Gasteiger partial charge in [-0.25, -0.2) is 9.78 Å². The summed E-state index contributed by atoms with van der Waals surface area (Å²) in [5, 5.41) is 3.34. The Balaban J connectivity index is 1.44. The maximum Gasteiger partial charge on any atom is 0.326 e. The monoisotopic (exact) mass is 402 g/mol. The first kappa shape index (κ1) is 19.6. The summed E-state index contributed by atoms with van der Waals surface area (Å²) >= 11 is 5.83. The Bertz CT molecular complexity index is 871. The molecule has 1 aromatic heterocycles. The fourth-order valence-electron chi connectivity index (χ4n) is 2.65. The predicted molar refractivity (Wildman–Crippen MR) is 103 cm³/mol. The van der Waals surface area contributed by atoms with E-state index in [9.17, 15) is 14.4 Å². The molecule has 1 aliphatic rings. The van der Waals surface area contributed by atoms with Gasteiger partial charge in [0.05, 0.1) is 11.9 Å². The van der Waals surface area contributed by atoms with E-state index < -0.39 is 0 Å². The SMILES string of the molecule is CN1CC(=O)N(CCCC(=O)Nc2ccc(Oc3ccc(Cl)cc3)nc2)C1=O. The quantitative estimate of drug-likeness (QED) is 0.718. The van der Waals surface area contributed by atoms with Gasteiger partial charge in [-0.2, -0.15) is 0 Å². The molecule has 28 heavy (non-hydrogen) atoms. The molecule has 146 valence electrons. The van der Waals surface area contributed by atoms with Crippen molar-refractivity contribution in [2.24, 2.45) is 0 Å². The van der Waals surface area contributed by atoms with Gasteiger partial charge in [-0.1, -0.05) is 11.6 Å². The Morgan fingerprint density at radius 2 is 1.96 bits per heavy atom. The molecule has 1 aliphatic heterocycles. The van der Waals surface area contributed by atoms with E-state index in [1.54, 1.807) is 43.4 Å². The fourth-order valence-corrected chi connectivity index (χ4v) is 2.77. The smallest absolute Gasteiger partial charge is 0.326 e. The van der Waals surface area contributed by atoms with Crippen molar-refractivity contribution in [1.82, 2.24) is 14.8 Å². The number of anilines is 1. The molecule has 0 bridgehead atoms. The van der Waals surface area contributed by atoms with Crippen LogP contribution in [0.15, 0.2) is 42.6 Å². The number of urea groups is 1. The van der Waals surface area contributed by atoms with Crippen molar-refractivity contribution in [3.8, 4) is 11.6 Å². The molecule has 4 amide bonds. The number of likely N-dealkylation sites (N-methyl/N-ethyl adjacent to an activating group) is 1. The number of nitrogens with one attached hydrogen (secondary N) is 1. The lowest BCUT2D eigenvalue weighted by atomic mass is 10.2. The van der Waals surface area contributed by atoms with Crippen molar-refractivity contribution < 1.29 is 19.1 Å². The molecule has 0 aliphatic carbocycles. The van der Waals surface area contributed by atoms with Gasteiger partial charge in [0, 0.05) is 31.1 Å². The lowest BCUT2D eigenvalue weighted by Crippen LogP contribution is -2.32. The van der Waals surface area contributed by atoms with Crippen LogP contribution in [0.4, 0.5) is 10.5 Å². The molecule has 0 atom stereocenters. The minimum atomic E-state index is -0.328. The molecule has 0 saturated carbocycles. The number of aromatic nitrogens is 1. The highest BCUT2D eigenvalue weighted by molar-refractivity contribution is 6.30. The molecule has 1 saturated heterocycles. The van der Waals surface area contributed by atoms with Crippen LogP contribution < -0.4 is 10.1 Å². The highest BCUT2D eigenvalue weighted by Gasteiger charge is 2.32. The summed E-state index contributed by atoms with van der Waals surface area (Å²) in [5.74, 6) is 0.523. The minimum Gasteiger partial charge on any atom is -0.439 e. The first-order valence-electron chi connectivity index (χ1n) is 8.67. The van der Waals surface area contributed by atoms with Crippen LogP contribution in [0, 0.1) is 0 Å².